The summed E-state index contributed by atoms with van der Waals surface area (Å²) in [7, 11) is 33.9. The fourth-order valence-electron chi connectivity index (χ4n) is 8.26. The first-order chi connectivity index (χ1) is 29.2. The predicted octanol–water partition coefficient (Wildman–Crippen LogP) is 8.22. The van der Waals surface area contributed by atoms with Crippen molar-refractivity contribution in [3.05, 3.63) is 71.3 Å². The number of hydrogen-bond acceptors (Lipinski definition) is 6. The Bertz CT molecular complexity index is 1720. The van der Waals surface area contributed by atoms with Crippen LogP contribution < -0.4 is 0 Å². The second-order valence-corrected chi connectivity index (χ2v) is 35.9. The van der Waals surface area contributed by atoms with Crippen LogP contribution in [-0.2, 0) is 29.2 Å². The van der Waals surface area contributed by atoms with Gasteiger partial charge in [-0.15, -0.1) is 0 Å². The molecule has 0 atom stereocenters. The van der Waals surface area contributed by atoms with Crippen LogP contribution in [-0.4, -0.2) is 231 Å². The Labute approximate surface area is 386 Å². The zero-order valence-corrected chi connectivity index (χ0v) is 48.1. The number of ether oxygens (including phenoxy) is 2. The van der Waals surface area contributed by atoms with Gasteiger partial charge in [0, 0.05) is 0 Å². The second-order valence-electron chi connectivity index (χ2n) is 17.7. The fraction of sp³-hybridized carbons (Fsp3) is 0.700. The molecule has 0 amide bonds. The van der Waals surface area contributed by atoms with Gasteiger partial charge in [0.15, 0.2) is 0 Å². The van der Waals surface area contributed by atoms with Crippen molar-refractivity contribution in [3.63, 3.8) is 0 Å². The molecular formula is C40H89N16O2P5. The van der Waals surface area contributed by atoms with Crippen molar-refractivity contribution in [3.8, 4) is 0 Å². The molecule has 0 spiro atoms. The molecule has 0 heterocycles. The molecule has 0 aliphatic rings. The summed E-state index contributed by atoms with van der Waals surface area (Å²) in [6.07, 6.45) is 0. The van der Waals surface area contributed by atoms with Crippen molar-refractivity contribution >= 4 is 37.9 Å². The van der Waals surface area contributed by atoms with Crippen molar-refractivity contribution in [1.82, 2.24) is 56.0 Å². The number of nitrogens with zero attached hydrogens (tertiary/aromatic N) is 16. The van der Waals surface area contributed by atoms with E-state index in [2.05, 4.69) is 255 Å². The van der Waals surface area contributed by atoms with Gasteiger partial charge in [0.25, 0.3) is 0 Å². The first-order valence-electron chi connectivity index (χ1n) is 21.1. The molecule has 63 heavy (non-hydrogen) atoms. The van der Waals surface area contributed by atoms with E-state index in [-0.39, 0.29) is 0 Å². The first-order valence-corrected chi connectivity index (χ1v) is 29.3. The van der Waals surface area contributed by atoms with Gasteiger partial charge in [-0.1, -0.05) is 30.3 Å². The van der Waals surface area contributed by atoms with Crippen LogP contribution in [0.1, 0.15) is 16.7 Å². The molecule has 2 aromatic rings. The average molecular weight is 981 g/mol. The Morgan fingerprint density at radius 1 is 0.349 bits per heavy atom. The molecule has 0 bridgehead atoms. The third-order valence-corrected chi connectivity index (χ3v) is 32.1. The third-order valence-electron chi connectivity index (χ3n) is 10.6. The van der Waals surface area contributed by atoms with Crippen LogP contribution in [0.4, 0.5) is 0 Å². The normalized spacial score (nSPS) is 14.1. The van der Waals surface area contributed by atoms with Gasteiger partial charge in [0.2, 0.25) is 0 Å². The van der Waals surface area contributed by atoms with E-state index in [0.29, 0.717) is 33.0 Å². The molecule has 0 N–H and O–H groups in total. The van der Waals surface area contributed by atoms with Crippen LogP contribution in [0, 0.1) is 0 Å². The van der Waals surface area contributed by atoms with E-state index in [1.54, 1.807) is 0 Å². The van der Waals surface area contributed by atoms with Gasteiger partial charge in [-0.25, -0.2) is 0 Å². The third kappa shape index (κ3) is 13.5. The van der Waals surface area contributed by atoms with E-state index in [0.717, 1.165) is 11.1 Å². The van der Waals surface area contributed by atoms with Crippen molar-refractivity contribution in [2.24, 2.45) is 18.1 Å². The van der Waals surface area contributed by atoms with Crippen LogP contribution in [0.25, 0.3) is 0 Å². The van der Waals surface area contributed by atoms with E-state index in [1.807, 2.05) is 18.2 Å². The summed E-state index contributed by atoms with van der Waals surface area (Å²) in [6, 6.07) is 18.9. The van der Waals surface area contributed by atoms with Gasteiger partial charge in [-0.05, 0) is 5.56 Å². The molecule has 0 saturated carbocycles. The zero-order chi connectivity index (χ0) is 48.3. The topological polar surface area (TPSA) is 107 Å². The van der Waals surface area contributed by atoms with E-state index in [4.69, 9.17) is 27.5 Å². The molecule has 366 valence electrons. The number of hydrogen-bond donors (Lipinski definition) is 0. The summed E-state index contributed by atoms with van der Waals surface area (Å²) in [5, 5.41) is 0. The Morgan fingerprint density at radius 3 is 0.889 bits per heavy atom. The van der Waals surface area contributed by atoms with Crippen LogP contribution in [0.3, 0.4) is 0 Å². The van der Waals surface area contributed by atoms with Gasteiger partial charge in [0.1, 0.15) is 0 Å². The fourth-order valence-corrected chi connectivity index (χ4v) is 34.4. The molecule has 23 heteroatoms. The summed E-state index contributed by atoms with van der Waals surface area (Å²) >= 11 is 0. The summed E-state index contributed by atoms with van der Waals surface area (Å²) in [4.78, 5) is 0. The molecule has 0 fully saturated rings. The number of rotatable bonds is 25. The SMILES string of the molecule is CN(C)P(=N[PH](N=P(N(C)C)(N(C)C)N(C)C)(N=P(N(C)C)(N(C)C)N(C)C)N=P(N(C)C)(N(C)C)N(C)Cc1ccc(COCCOCc2ccccc2)cc1)(N(C)C)N(C)C. The zero-order valence-electron chi connectivity index (χ0n) is 43.5. The maximum atomic E-state index is 6.37. The molecule has 2 rings (SSSR count). The predicted molar refractivity (Wildman–Crippen MR) is 280 cm³/mol. The molecule has 18 nitrogen and oxygen atoms in total. The number of benzene rings is 2. The molecule has 0 aliphatic heterocycles. The second kappa shape index (κ2) is 25.0. The molecule has 0 unspecified atom stereocenters. The minimum absolute atomic E-state index is 0.516. The van der Waals surface area contributed by atoms with Crippen molar-refractivity contribution in [2.75, 3.05) is 175 Å². The molecule has 2 aromatic carbocycles. The van der Waals surface area contributed by atoms with E-state index in [9.17, 15) is 0 Å². The van der Waals surface area contributed by atoms with Gasteiger partial charge < -0.3 is 4.74 Å². The van der Waals surface area contributed by atoms with Gasteiger partial charge in [-0.2, -0.15) is 0 Å². The van der Waals surface area contributed by atoms with E-state index >= 15 is 0 Å². The van der Waals surface area contributed by atoms with Gasteiger partial charge >= 0.3 is 341 Å². The molecule has 0 saturated heterocycles. The van der Waals surface area contributed by atoms with E-state index < -0.39 is 37.9 Å². The Hall–Kier alpha value is -0.770. The van der Waals surface area contributed by atoms with Crippen LogP contribution >= 0.6 is 37.9 Å². The quantitative estimate of drug-likeness (QED) is 0.0705. The first kappa shape index (κ1) is 58.4. The summed E-state index contributed by atoms with van der Waals surface area (Å²) in [5.41, 5.74) is 3.44. The summed E-state index contributed by atoms with van der Waals surface area (Å²) in [6.45, 7) is 2.80. The van der Waals surface area contributed by atoms with Crippen molar-refractivity contribution in [1.29, 1.82) is 0 Å². The standard InChI is InChI=1S/C40H89N16O2P5/c1-45(2)60(46(3)4,47(5)6)41-59(42-61(48(7)8,49(9)10)50(11)12,43-62(51(13)14,52(15)16)53(17)18)44-63(54(19)20,55(21)22)56(23)35-38-29-31-40(32-30-38)37-58-34-33-57-36-39-27-25-24-26-28-39/h24-32,59H,33-37H2,1-23H3. The van der Waals surface area contributed by atoms with Gasteiger partial charge in [0.05, 0.1) is 6.61 Å². The van der Waals surface area contributed by atoms with Gasteiger partial charge in [-0.3, -0.25) is 0 Å². The maximum absolute atomic E-state index is 6.37. The van der Waals surface area contributed by atoms with Crippen LogP contribution in [0.5, 0.6) is 0 Å². The Balaban J connectivity index is 3.15. The average Bonchev–Trinajstić information content (AvgIpc) is 3.17. The minimum atomic E-state index is -4.09. The summed E-state index contributed by atoms with van der Waals surface area (Å²) in [5.74, 6) is 0. The Kier molecular flexibility index (Phi) is 23.2. The van der Waals surface area contributed by atoms with Crippen molar-refractivity contribution < 1.29 is 9.47 Å². The monoisotopic (exact) mass is 981 g/mol. The van der Waals surface area contributed by atoms with Crippen LogP contribution in [0.2, 0.25) is 0 Å². The molecule has 0 aliphatic carbocycles. The molecule has 0 aromatic heterocycles. The molecular weight excluding hydrogens is 891 g/mol. The Morgan fingerprint density at radius 2 is 0.603 bits per heavy atom. The molecule has 0 radical (unpaired) electrons. The summed E-state index contributed by atoms with van der Waals surface area (Å²) < 4.78 is 64.3. The van der Waals surface area contributed by atoms with E-state index in [1.165, 1.54) is 5.56 Å². The van der Waals surface area contributed by atoms with Crippen molar-refractivity contribution in [2.45, 2.75) is 19.8 Å². The van der Waals surface area contributed by atoms with Crippen LogP contribution in [0.15, 0.2) is 72.7 Å².